The smallest absolute Gasteiger partial charge is 0.166 e. The van der Waals surface area contributed by atoms with Gasteiger partial charge in [0.15, 0.2) is 0 Å². The van der Waals surface area contributed by atoms with Crippen LogP contribution in [0, 0.1) is 0 Å². The fourth-order valence-corrected chi connectivity index (χ4v) is 2.57. The Balaban J connectivity index is 2.54. The van der Waals surface area contributed by atoms with Gasteiger partial charge in [-0.2, -0.15) is 13.2 Å². The van der Waals surface area contributed by atoms with Crippen LogP contribution in [-0.2, 0) is 6.18 Å². The lowest BCUT2D eigenvalue weighted by Crippen LogP contribution is -2.03. The van der Waals surface area contributed by atoms with Crippen LogP contribution in [0.4, 0.5) is 13.2 Å². The molecule has 2 rings (SSSR count). The molecule has 0 aliphatic heterocycles. The molecule has 0 nitrogen and oxygen atoms in total. The van der Waals surface area contributed by atoms with E-state index in [0.29, 0.717) is 11.3 Å². The quantitative estimate of drug-likeness (QED) is 0.659. The van der Waals surface area contributed by atoms with Crippen molar-refractivity contribution in [2.24, 2.45) is 0 Å². The molecule has 0 bridgehead atoms. The molecule has 0 radical (unpaired) electrons. The first-order chi connectivity index (χ1) is 7.38. The normalized spacial score (nSPS) is 12.6. The standard InChI is InChI=1S/C12H11F3S/c1-7(2)11-6-8-5-9(12(13,14)15)3-4-10(8)16-11/h3-7H,1-2H3. The molecule has 1 heterocycles. The fraction of sp³-hybridized carbons (Fsp3) is 0.333. The molecule has 0 N–H and O–H groups in total. The van der Waals surface area contributed by atoms with E-state index >= 15 is 0 Å². The molecule has 0 unspecified atom stereocenters. The van der Waals surface area contributed by atoms with E-state index in [9.17, 15) is 13.2 Å². The van der Waals surface area contributed by atoms with Crippen molar-refractivity contribution in [3.05, 3.63) is 34.7 Å². The third-order valence-electron chi connectivity index (χ3n) is 2.43. The Morgan fingerprint density at radius 3 is 2.38 bits per heavy atom. The van der Waals surface area contributed by atoms with E-state index in [1.54, 1.807) is 17.4 Å². The average molecular weight is 244 g/mol. The molecule has 1 aromatic carbocycles. The first-order valence-electron chi connectivity index (χ1n) is 4.98. The Kier molecular flexibility index (Phi) is 2.70. The maximum atomic E-state index is 12.5. The average Bonchev–Trinajstić information content (AvgIpc) is 2.58. The van der Waals surface area contributed by atoms with Gasteiger partial charge in [0.05, 0.1) is 5.56 Å². The molecule has 0 spiro atoms. The number of alkyl halides is 3. The third kappa shape index (κ3) is 2.07. The number of thiophene rings is 1. The van der Waals surface area contributed by atoms with Crippen LogP contribution in [-0.4, -0.2) is 0 Å². The van der Waals surface area contributed by atoms with Gasteiger partial charge in [-0.25, -0.2) is 0 Å². The van der Waals surface area contributed by atoms with Gasteiger partial charge in [-0.3, -0.25) is 0 Å². The van der Waals surface area contributed by atoms with E-state index in [1.165, 1.54) is 6.07 Å². The summed E-state index contributed by atoms with van der Waals surface area (Å²) in [5.41, 5.74) is -0.576. The molecule has 0 aliphatic carbocycles. The summed E-state index contributed by atoms with van der Waals surface area (Å²) in [5, 5.41) is 0.684. The van der Waals surface area contributed by atoms with Gasteiger partial charge in [-0.1, -0.05) is 13.8 Å². The Bertz CT molecular complexity index is 508. The van der Waals surface area contributed by atoms with Gasteiger partial charge in [0, 0.05) is 9.58 Å². The maximum absolute atomic E-state index is 12.5. The van der Waals surface area contributed by atoms with Crippen LogP contribution < -0.4 is 0 Å². The van der Waals surface area contributed by atoms with E-state index in [0.717, 1.165) is 15.6 Å². The predicted molar refractivity (Wildman–Crippen MR) is 60.9 cm³/mol. The summed E-state index contributed by atoms with van der Waals surface area (Å²) in [6.45, 7) is 4.07. The minimum atomic E-state index is -4.26. The van der Waals surface area contributed by atoms with Gasteiger partial charge in [-0.05, 0) is 35.6 Å². The number of rotatable bonds is 1. The van der Waals surface area contributed by atoms with Crippen molar-refractivity contribution < 1.29 is 13.2 Å². The van der Waals surface area contributed by atoms with Gasteiger partial charge >= 0.3 is 6.18 Å². The van der Waals surface area contributed by atoms with Crippen LogP contribution in [0.5, 0.6) is 0 Å². The summed E-state index contributed by atoms with van der Waals surface area (Å²) in [6, 6.07) is 5.76. The van der Waals surface area contributed by atoms with Crippen LogP contribution in [0.25, 0.3) is 10.1 Å². The molecule has 16 heavy (non-hydrogen) atoms. The van der Waals surface area contributed by atoms with Crippen molar-refractivity contribution in [1.29, 1.82) is 0 Å². The Labute approximate surface area is 95.7 Å². The zero-order valence-electron chi connectivity index (χ0n) is 8.93. The number of hydrogen-bond acceptors (Lipinski definition) is 1. The van der Waals surface area contributed by atoms with E-state index in [2.05, 4.69) is 0 Å². The lowest BCUT2D eigenvalue weighted by molar-refractivity contribution is -0.137. The summed E-state index contributed by atoms with van der Waals surface area (Å²) in [6.07, 6.45) is -4.26. The van der Waals surface area contributed by atoms with Gasteiger partial charge in [0.25, 0.3) is 0 Å². The molecular weight excluding hydrogens is 233 g/mol. The van der Waals surface area contributed by atoms with E-state index in [1.807, 2.05) is 19.9 Å². The zero-order chi connectivity index (χ0) is 11.9. The third-order valence-corrected chi connectivity index (χ3v) is 3.85. The molecule has 0 saturated carbocycles. The van der Waals surface area contributed by atoms with Crippen molar-refractivity contribution in [3.63, 3.8) is 0 Å². The van der Waals surface area contributed by atoms with Crippen molar-refractivity contribution >= 4 is 21.4 Å². The second-order valence-electron chi connectivity index (χ2n) is 4.05. The second kappa shape index (κ2) is 3.77. The van der Waals surface area contributed by atoms with Crippen LogP contribution in [0.2, 0.25) is 0 Å². The largest absolute Gasteiger partial charge is 0.416 e. The molecule has 2 aromatic rings. The highest BCUT2D eigenvalue weighted by Crippen LogP contribution is 2.35. The Hall–Kier alpha value is -1.03. The highest BCUT2D eigenvalue weighted by atomic mass is 32.1. The second-order valence-corrected chi connectivity index (χ2v) is 5.17. The molecule has 0 saturated heterocycles. The lowest BCUT2D eigenvalue weighted by atomic mass is 10.1. The van der Waals surface area contributed by atoms with Gasteiger partial charge < -0.3 is 0 Å². The zero-order valence-corrected chi connectivity index (χ0v) is 9.75. The van der Waals surface area contributed by atoms with Crippen LogP contribution >= 0.6 is 11.3 Å². The van der Waals surface area contributed by atoms with E-state index < -0.39 is 11.7 Å². The highest BCUT2D eigenvalue weighted by molar-refractivity contribution is 7.19. The maximum Gasteiger partial charge on any atom is 0.416 e. The van der Waals surface area contributed by atoms with Crippen molar-refractivity contribution in [2.75, 3.05) is 0 Å². The highest BCUT2D eigenvalue weighted by Gasteiger charge is 2.30. The SMILES string of the molecule is CC(C)c1cc2cc(C(F)(F)F)ccc2s1. The minimum Gasteiger partial charge on any atom is -0.166 e. The number of fused-ring (bicyclic) bond motifs is 1. The summed E-state index contributed by atoms with van der Waals surface area (Å²) in [4.78, 5) is 1.12. The summed E-state index contributed by atoms with van der Waals surface area (Å²) < 4.78 is 38.4. The molecule has 0 aliphatic rings. The summed E-state index contributed by atoms with van der Waals surface area (Å²) in [7, 11) is 0. The first kappa shape index (κ1) is 11.5. The van der Waals surface area contributed by atoms with Crippen molar-refractivity contribution in [2.45, 2.75) is 25.9 Å². The molecule has 1 aromatic heterocycles. The molecule has 0 fully saturated rings. The monoisotopic (exact) mass is 244 g/mol. The van der Waals surface area contributed by atoms with Gasteiger partial charge in [0.2, 0.25) is 0 Å². The molecule has 0 amide bonds. The predicted octanol–water partition coefficient (Wildman–Crippen LogP) is 5.04. The number of benzene rings is 1. The van der Waals surface area contributed by atoms with Crippen LogP contribution in [0.3, 0.4) is 0 Å². The van der Waals surface area contributed by atoms with Gasteiger partial charge in [-0.15, -0.1) is 11.3 Å². The minimum absolute atomic E-state index is 0.353. The van der Waals surface area contributed by atoms with Crippen molar-refractivity contribution in [1.82, 2.24) is 0 Å². The Morgan fingerprint density at radius 1 is 1.12 bits per heavy atom. The number of hydrogen-bond donors (Lipinski definition) is 0. The fourth-order valence-electron chi connectivity index (χ4n) is 1.52. The Morgan fingerprint density at radius 2 is 1.81 bits per heavy atom. The number of halogens is 3. The van der Waals surface area contributed by atoms with E-state index in [-0.39, 0.29) is 0 Å². The van der Waals surface area contributed by atoms with Crippen molar-refractivity contribution in [3.8, 4) is 0 Å². The molecule has 86 valence electrons. The van der Waals surface area contributed by atoms with E-state index in [4.69, 9.17) is 0 Å². The summed E-state index contributed by atoms with van der Waals surface area (Å²) >= 11 is 1.56. The van der Waals surface area contributed by atoms with Crippen LogP contribution in [0.1, 0.15) is 30.2 Å². The first-order valence-corrected chi connectivity index (χ1v) is 5.80. The lowest BCUT2D eigenvalue weighted by Gasteiger charge is -2.05. The summed E-state index contributed by atoms with van der Waals surface area (Å²) in [5.74, 6) is 0.353. The topological polar surface area (TPSA) is 0 Å². The van der Waals surface area contributed by atoms with Gasteiger partial charge in [0.1, 0.15) is 0 Å². The molecular formula is C12H11F3S. The molecule has 0 atom stereocenters. The molecule has 4 heteroatoms. The van der Waals surface area contributed by atoms with Crippen LogP contribution in [0.15, 0.2) is 24.3 Å².